The van der Waals surface area contributed by atoms with Crippen molar-refractivity contribution in [3.05, 3.63) is 44.5 Å². The van der Waals surface area contributed by atoms with Gasteiger partial charge >= 0.3 is 0 Å². The minimum Gasteiger partial charge on any atom is -0.394 e. The summed E-state index contributed by atoms with van der Waals surface area (Å²) < 4.78 is 4.63. The zero-order chi connectivity index (χ0) is 18.5. The lowest BCUT2D eigenvalue weighted by Crippen LogP contribution is -2.46. The van der Waals surface area contributed by atoms with Gasteiger partial charge in [0.15, 0.2) is 0 Å². The van der Waals surface area contributed by atoms with Crippen LogP contribution < -0.4 is 0 Å². The molecule has 0 spiro atoms. The van der Waals surface area contributed by atoms with Crippen LogP contribution in [0.2, 0.25) is 0 Å². The quantitative estimate of drug-likeness (QED) is 0.308. The van der Waals surface area contributed by atoms with E-state index in [2.05, 4.69) is 4.74 Å². The van der Waals surface area contributed by atoms with Gasteiger partial charge in [-0.05, 0) is 6.07 Å². The first-order valence-corrected chi connectivity index (χ1v) is 6.53. The van der Waals surface area contributed by atoms with E-state index in [0.29, 0.717) is 0 Å². The van der Waals surface area contributed by atoms with Crippen molar-refractivity contribution in [1.29, 1.82) is 0 Å². The second-order valence-corrected chi connectivity index (χ2v) is 4.81. The van der Waals surface area contributed by atoms with Gasteiger partial charge in [-0.25, -0.2) is 0 Å². The molecule has 0 aromatic heterocycles. The summed E-state index contributed by atoms with van der Waals surface area (Å²) in [6.07, 6.45) is -4.04. The summed E-state index contributed by atoms with van der Waals surface area (Å²) in [6.45, 7) is -1.36. The predicted molar refractivity (Wildman–Crippen MR) is 75.8 cm³/mol. The second-order valence-electron chi connectivity index (χ2n) is 4.81. The smallest absolute Gasteiger partial charge is 0.276 e. The Morgan fingerprint density at radius 1 is 1.12 bits per heavy atom. The highest BCUT2D eigenvalue weighted by molar-refractivity contribution is 5.42. The summed E-state index contributed by atoms with van der Waals surface area (Å²) in [7, 11) is 0. The minimum absolute atomic E-state index is 0.274. The lowest BCUT2D eigenvalue weighted by molar-refractivity contribution is -0.394. The number of aliphatic hydroxyl groups excluding tert-OH is 4. The molecule has 0 unspecified atom stereocenters. The number of hydrogen-bond donors (Lipinski definition) is 5. The summed E-state index contributed by atoms with van der Waals surface area (Å²) in [5, 5.41) is 65.0. The molecule has 5 N–H and O–H groups in total. The van der Waals surface area contributed by atoms with Crippen LogP contribution in [0.15, 0.2) is 24.3 Å². The van der Waals surface area contributed by atoms with E-state index in [1.807, 2.05) is 0 Å². The van der Waals surface area contributed by atoms with Gasteiger partial charge in [0.1, 0.15) is 18.3 Å². The third-order valence-electron chi connectivity index (χ3n) is 3.18. The van der Waals surface area contributed by atoms with Crippen molar-refractivity contribution < 1.29 is 40.1 Å². The maximum atomic E-state index is 10.2. The molecule has 4 atom stereocenters. The highest BCUT2D eigenvalue weighted by atomic mass is 16.7. The highest BCUT2D eigenvalue weighted by Gasteiger charge is 2.52. The Labute approximate surface area is 134 Å². The van der Waals surface area contributed by atoms with Gasteiger partial charge in [0.05, 0.1) is 29.1 Å². The fourth-order valence-corrected chi connectivity index (χ4v) is 1.87. The number of non-ortho nitro benzene ring substituents is 2. The molecule has 134 valence electrons. The summed E-state index contributed by atoms with van der Waals surface area (Å²) in [4.78, 5) is 19.0. The summed E-state index contributed by atoms with van der Waals surface area (Å²) in [5.74, 6) is -2.16. The third-order valence-corrected chi connectivity index (χ3v) is 3.18. The Morgan fingerprint density at radius 3 is 1.92 bits per heavy atom. The molecule has 1 aromatic rings. The SMILES string of the molecule is O=[N+]([O-])c1cccc([N+](=O)[O-])c1.OC[C@H]1O[C@](O)(CO)[C@@H](O)[C@@H]1O. The molecule has 1 fully saturated rings. The molecule has 0 bridgehead atoms. The van der Waals surface area contributed by atoms with E-state index in [1.165, 1.54) is 18.2 Å². The molecule has 1 saturated heterocycles. The van der Waals surface area contributed by atoms with Crippen molar-refractivity contribution in [3.63, 3.8) is 0 Å². The van der Waals surface area contributed by atoms with Crippen LogP contribution in [-0.2, 0) is 4.74 Å². The lowest BCUT2D eigenvalue weighted by atomic mass is 10.1. The summed E-state index contributed by atoms with van der Waals surface area (Å²) in [5.41, 5.74) is -0.548. The molecule has 0 saturated carbocycles. The maximum absolute atomic E-state index is 10.2. The third kappa shape index (κ3) is 4.41. The van der Waals surface area contributed by atoms with Crippen LogP contribution in [0.1, 0.15) is 0 Å². The van der Waals surface area contributed by atoms with Gasteiger partial charge in [0.2, 0.25) is 5.79 Å². The van der Waals surface area contributed by atoms with E-state index in [0.717, 1.165) is 6.07 Å². The monoisotopic (exact) mass is 348 g/mol. The lowest BCUT2D eigenvalue weighted by Gasteiger charge is -2.22. The van der Waals surface area contributed by atoms with Crippen molar-refractivity contribution in [1.82, 2.24) is 0 Å². The maximum Gasteiger partial charge on any atom is 0.276 e. The molecular weight excluding hydrogens is 332 g/mol. The first kappa shape index (κ1) is 19.8. The molecular formula is C12H16N2O10. The van der Waals surface area contributed by atoms with E-state index in [-0.39, 0.29) is 11.4 Å². The minimum atomic E-state index is -2.16. The number of benzene rings is 1. The number of ether oxygens (including phenoxy) is 1. The Bertz CT molecular complexity index is 568. The Morgan fingerprint density at radius 2 is 1.62 bits per heavy atom. The molecule has 1 aliphatic heterocycles. The summed E-state index contributed by atoms with van der Waals surface area (Å²) >= 11 is 0. The van der Waals surface area contributed by atoms with Crippen LogP contribution in [-0.4, -0.2) is 72.7 Å². The van der Waals surface area contributed by atoms with Gasteiger partial charge in [-0.15, -0.1) is 0 Å². The van der Waals surface area contributed by atoms with Crippen LogP contribution in [0, 0.1) is 20.2 Å². The molecule has 1 aliphatic rings. The van der Waals surface area contributed by atoms with E-state index < -0.39 is 47.2 Å². The van der Waals surface area contributed by atoms with Crippen molar-refractivity contribution in [2.24, 2.45) is 0 Å². The van der Waals surface area contributed by atoms with E-state index >= 15 is 0 Å². The van der Waals surface area contributed by atoms with E-state index in [9.17, 15) is 25.3 Å². The van der Waals surface area contributed by atoms with E-state index in [4.69, 9.17) is 20.4 Å². The second kappa shape index (κ2) is 8.05. The topological polar surface area (TPSA) is 197 Å². The molecule has 0 radical (unpaired) electrons. The van der Waals surface area contributed by atoms with Crippen molar-refractivity contribution in [3.8, 4) is 0 Å². The van der Waals surface area contributed by atoms with Crippen LogP contribution in [0.3, 0.4) is 0 Å². The van der Waals surface area contributed by atoms with Crippen LogP contribution in [0.5, 0.6) is 0 Å². The average molecular weight is 348 g/mol. The number of aliphatic hydroxyl groups is 5. The first-order chi connectivity index (χ1) is 11.2. The Hall–Kier alpha value is -2.22. The van der Waals surface area contributed by atoms with Crippen molar-refractivity contribution in [2.75, 3.05) is 13.2 Å². The average Bonchev–Trinajstić information content (AvgIpc) is 2.80. The normalized spacial score (nSPS) is 28.8. The fourth-order valence-electron chi connectivity index (χ4n) is 1.87. The van der Waals surface area contributed by atoms with Gasteiger partial charge in [-0.3, -0.25) is 20.2 Å². The molecule has 0 amide bonds. The zero-order valence-electron chi connectivity index (χ0n) is 12.1. The number of rotatable bonds is 4. The van der Waals surface area contributed by atoms with Crippen LogP contribution in [0.25, 0.3) is 0 Å². The summed E-state index contributed by atoms with van der Waals surface area (Å²) in [6, 6.07) is 4.59. The molecule has 24 heavy (non-hydrogen) atoms. The standard InChI is InChI=1S/C6H4N2O4.C6H12O6/c9-7(10)5-2-1-3-6(4-5)8(11)12;7-1-3-4(9)5(10)6(11,2-8)12-3/h1-4H;3-5,7-11H,1-2H2/t;3-,4-,5+,6-/m.1/s1. The first-order valence-electron chi connectivity index (χ1n) is 6.53. The number of nitro groups is 2. The molecule has 12 nitrogen and oxygen atoms in total. The number of nitrogens with zero attached hydrogens (tertiary/aromatic N) is 2. The largest absolute Gasteiger partial charge is 0.394 e. The molecule has 1 aromatic carbocycles. The van der Waals surface area contributed by atoms with Crippen LogP contribution >= 0.6 is 0 Å². The van der Waals surface area contributed by atoms with Gasteiger partial charge in [-0.2, -0.15) is 0 Å². The number of hydrogen-bond acceptors (Lipinski definition) is 10. The fraction of sp³-hybridized carbons (Fsp3) is 0.500. The Kier molecular flexibility index (Phi) is 6.65. The molecule has 12 heteroatoms. The molecule has 0 aliphatic carbocycles. The highest BCUT2D eigenvalue weighted by Crippen LogP contribution is 2.28. The van der Waals surface area contributed by atoms with E-state index in [1.54, 1.807) is 0 Å². The number of nitro benzene ring substituents is 2. The van der Waals surface area contributed by atoms with Crippen molar-refractivity contribution >= 4 is 11.4 Å². The van der Waals surface area contributed by atoms with Gasteiger partial charge in [0.25, 0.3) is 11.4 Å². The van der Waals surface area contributed by atoms with Crippen LogP contribution in [0.4, 0.5) is 11.4 Å². The zero-order valence-corrected chi connectivity index (χ0v) is 12.1. The van der Waals surface area contributed by atoms with Gasteiger partial charge in [-0.1, -0.05) is 0 Å². The van der Waals surface area contributed by atoms with Gasteiger partial charge in [0, 0.05) is 12.1 Å². The van der Waals surface area contributed by atoms with Gasteiger partial charge < -0.3 is 30.3 Å². The molecule has 1 heterocycles. The Balaban J connectivity index is 0.000000240. The van der Waals surface area contributed by atoms with Crippen molar-refractivity contribution in [2.45, 2.75) is 24.1 Å². The molecule has 2 rings (SSSR count). The predicted octanol–water partition coefficient (Wildman–Crippen LogP) is -1.72.